The zero-order valence-corrected chi connectivity index (χ0v) is 14.6. The van der Waals surface area contributed by atoms with Crippen LogP contribution in [0.2, 0.25) is 0 Å². The number of piperidine rings is 1. The number of aryl methyl sites for hydroxylation is 2. The van der Waals surface area contributed by atoms with Crippen molar-refractivity contribution < 1.29 is 0 Å². The quantitative estimate of drug-likeness (QED) is 0.876. The van der Waals surface area contributed by atoms with Crippen molar-refractivity contribution in [3.8, 4) is 0 Å². The van der Waals surface area contributed by atoms with Gasteiger partial charge in [0.25, 0.3) is 0 Å². The third-order valence-corrected chi connectivity index (χ3v) is 5.98. The van der Waals surface area contributed by atoms with E-state index in [4.69, 9.17) is 4.98 Å². The molecule has 2 aromatic rings. The molecule has 0 unspecified atom stereocenters. The summed E-state index contributed by atoms with van der Waals surface area (Å²) in [6, 6.07) is 5.31. The second-order valence-corrected chi connectivity index (χ2v) is 7.58. The van der Waals surface area contributed by atoms with Crippen LogP contribution in [-0.2, 0) is 0 Å². The summed E-state index contributed by atoms with van der Waals surface area (Å²) < 4.78 is 2.64. The minimum Gasteiger partial charge on any atom is -0.325 e. The van der Waals surface area contributed by atoms with Gasteiger partial charge in [0.2, 0.25) is 0 Å². The average Bonchev–Trinajstić information content (AvgIpc) is 2.95. The summed E-state index contributed by atoms with van der Waals surface area (Å²) in [5, 5.41) is 3.51. The maximum atomic E-state index is 5.16. The van der Waals surface area contributed by atoms with E-state index in [2.05, 4.69) is 35.9 Å². The fourth-order valence-electron chi connectivity index (χ4n) is 4.47. The Morgan fingerprint density at radius 1 is 0.957 bits per heavy atom. The molecule has 1 aromatic heterocycles. The summed E-state index contributed by atoms with van der Waals surface area (Å²) >= 11 is 0. The molecule has 2 aliphatic rings. The highest BCUT2D eigenvalue weighted by Crippen LogP contribution is 2.37. The number of imidazole rings is 1. The highest BCUT2D eigenvalue weighted by Gasteiger charge is 2.27. The molecule has 1 N–H and O–H groups in total. The third-order valence-electron chi connectivity index (χ3n) is 5.98. The molecule has 124 valence electrons. The van der Waals surface area contributed by atoms with Gasteiger partial charge in [0.05, 0.1) is 11.0 Å². The first-order valence-electron chi connectivity index (χ1n) is 9.44. The van der Waals surface area contributed by atoms with Gasteiger partial charge in [-0.1, -0.05) is 19.3 Å². The molecule has 23 heavy (non-hydrogen) atoms. The molecular weight excluding hydrogens is 282 g/mol. The summed E-state index contributed by atoms with van der Waals surface area (Å²) in [7, 11) is 0. The van der Waals surface area contributed by atoms with E-state index in [0.29, 0.717) is 12.0 Å². The van der Waals surface area contributed by atoms with Gasteiger partial charge in [-0.2, -0.15) is 0 Å². The molecule has 2 heterocycles. The number of aromatic nitrogens is 2. The maximum absolute atomic E-state index is 5.16. The largest absolute Gasteiger partial charge is 0.325 e. The molecule has 0 atom stereocenters. The van der Waals surface area contributed by atoms with E-state index in [0.717, 1.165) is 13.1 Å². The van der Waals surface area contributed by atoms with Gasteiger partial charge in [-0.3, -0.25) is 0 Å². The predicted octanol–water partition coefficient (Wildman–Crippen LogP) is 4.63. The lowest BCUT2D eigenvalue weighted by atomic mass is 9.88. The lowest BCUT2D eigenvalue weighted by molar-refractivity contribution is 0.344. The molecule has 0 bridgehead atoms. The van der Waals surface area contributed by atoms with E-state index < -0.39 is 0 Å². The second kappa shape index (κ2) is 6.27. The first-order valence-corrected chi connectivity index (χ1v) is 9.44. The molecule has 2 fully saturated rings. The average molecular weight is 311 g/mol. The molecule has 1 saturated carbocycles. The SMILES string of the molecule is Cc1cc2nc(C3CCCCC3)n(C3CCNCC3)c2cc1C. The van der Waals surface area contributed by atoms with Crippen LogP contribution in [0, 0.1) is 13.8 Å². The minimum absolute atomic E-state index is 0.625. The number of hydrogen-bond acceptors (Lipinski definition) is 2. The van der Waals surface area contributed by atoms with Crippen molar-refractivity contribution in [2.24, 2.45) is 0 Å². The van der Waals surface area contributed by atoms with Crippen LogP contribution in [0.5, 0.6) is 0 Å². The third kappa shape index (κ3) is 2.80. The molecule has 1 aromatic carbocycles. The van der Waals surface area contributed by atoms with Gasteiger partial charge in [0.1, 0.15) is 5.82 Å². The van der Waals surface area contributed by atoms with Crippen LogP contribution in [0.15, 0.2) is 12.1 Å². The summed E-state index contributed by atoms with van der Waals surface area (Å²) in [6.07, 6.45) is 9.27. The Balaban J connectivity index is 1.85. The Labute approximate surface area is 139 Å². The zero-order chi connectivity index (χ0) is 15.8. The highest BCUT2D eigenvalue weighted by atomic mass is 15.1. The van der Waals surface area contributed by atoms with Crippen LogP contribution >= 0.6 is 0 Å². The van der Waals surface area contributed by atoms with Gasteiger partial charge in [-0.05, 0) is 75.9 Å². The molecular formula is C20H29N3. The zero-order valence-electron chi connectivity index (χ0n) is 14.6. The molecule has 4 rings (SSSR count). The molecule has 3 nitrogen and oxygen atoms in total. The lowest BCUT2D eigenvalue weighted by Gasteiger charge is -2.29. The second-order valence-electron chi connectivity index (χ2n) is 7.58. The molecule has 1 aliphatic heterocycles. The summed E-state index contributed by atoms with van der Waals surface area (Å²) in [4.78, 5) is 5.16. The fourth-order valence-corrected chi connectivity index (χ4v) is 4.47. The first kappa shape index (κ1) is 15.2. The number of nitrogens with one attached hydrogen (secondary N) is 1. The monoisotopic (exact) mass is 311 g/mol. The van der Waals surface area contributed by atoms with E-state index >= 15 is 0 Å². The van der Waals surface area contributed by atoms with Crippen molar-refractivity contribution in [1.29, 1.82) is 0 Å². The van der Waals surface area contributed by atoms with Crippen LogP contribution in [0.25, 0.3) is 11.0 Å². The van der Waals surface area contributed by atoms with Gasteiger partial charge in [-0.25, -0.2) is 4.98 Å². The van der Waals surface area contributed by atoms with Crippen LogP contribution < -0.4 is 5.32 Å². The van der Waals surface area contributed by atoms with Crippen LogP contribution in [0.1, 0.15) is 73.9 Å². The minimum atomic E-state index is 0.625. The number of hydrogen-bond donors (Lipinski definition) is 1. The number of rotatable bonds is 2. The molecule has 3 heteroatoms. The Morgan fingerprint density at radius 2 is 1.65 bits per heavy atom. The van der Waals surface area contributed by atoms with Gasteiger partial charge in [-0.15, -0.1) is 0 Å². The van der Waals surface area contributed by atoms with Crippen molar-refractivity contribution >= 4 is 11.0 Å². The number of nitrogens with zero attached hydrogens (tertiary/aromatic N) is 2. The van der Waals surface area contributed by atoms with Gasteiger partial charge in [0, 0.05) is 12.0 Å². The molecule has 1 saturated heterocycles. The topological polar surface area (TPSA) is 29.9 Å². The normalized spacial score (nSPS) is 21.1. The van der Waals surface area contributed by atoms with Crippen molar-refractivity contribution in [3.63, 3.8) is 0 Å². The van der Waals surface area contributed by atoms with E-state index in [1.54, 1.807) is 0 Å². The summed E-state index contributed by atoms with van der Waals surface area (Å²) in [6.45, 7) is 6.71. The Hall–Kier alpha value is -1.35. The maximum Gasteiger partial charge on any atom is 0.113 e. The molecule has 0 amide bonds. The van der Waals surface area contributed by atoms with Crippen LogP contribution in [0.4, 0.5) is 0 Å². The lowest BCUT2D eigenvalue weighted by Crippen LogP contribution is -2.30. The number of fused-ring (bicyclic) bond motifs is 1. The van der Waals surface area contributed by atoms with E-state index in [1.165, 1.54) is 72.9 Å². The van der Waals surface area contributed by atoms with E-state index in [1.807, 2.05) is 0 Å². The Kier molecular flexibility index (Phi) is 4.14. The van der Waals surface area contributed by atoms with E-state index in [9.17, 15) is 0 Å². The fraction of sp³-hybridized carbons (Fsp3) is 0.650. The standard InChI is InChI=1S/C20H29N3/c1-14-12-18-19(13-15(14)2)23(17-8-10-21-11-9-17)20(22-18)16-6-4-3-5-7-16/h12-13,16-17,21H,3-11H2,1-2H3. The highest BCUT2D eigenvalue weighted by molar-refractivity contribution is 5.78. The summed E-state index contributed by atoms with van der Waals surface area (Å²) in [5.41, 5.74) is 5.35. The molecule has 0 radical (unpaired) electrons. The van der Waals surface area contributed by atoms with Crippen molar-refractivity contribution in [2.45, 2.75) is 70.8 Å². The first-order chi connectivity index (χ1) is 11.2. The Morgan fingerprint density at radius 3 is 2.39 bits per heavy atom. The van der Waals surface area contributed by atoms with E-state index in [-0.39, 0.29) is 0 Å². The predicted molar refractivity (Wildman–Crippen MR) is 96.2 cm³/mol. The summed E-state index contributed by atoms with van der Waals surface area (Å²) in [5.74, 6) is 2.06. The van der Waals surface area contributed by atoms with Crippen LogP contribution in [-0.4, -0.2) is 22.6 Å². The van der Waals surface area contributed by atoms with Crippen molar-refractivity contribution in [1.82, 2.24) is 14.9 Å². The Bertz CT molecular complexity index is 688. The van der Waals surface area contributed by atoms with Gasteiger partial charge < -0.3 is 9.88 Å². The van der Waals surface area contributed by atoms with Crippen LogP contribution in [0.3, 0.4) is 0 Å². The molecule has 0 spiro atoms. The molecule has 1 aliphatic carbocycles. The smallest absolute Gasteiger partial charge is 0.113 e. The number of benzene rings is 1. The van der Waals surface area contributed by atoms with Gasteiger partial charge in [0.15, 0.2) is 0 Å². The van der Waals surface area contributed by atoms with Crippen molar-refractivity contribution in [2.75, 3.05) is 13.1 Å². The van der Waals surface area contributed by atoms with Crippen molar-refractivity contribution in [3.05, 3.63) is 29.1 Å². The van der Waals surface area contributed by atoms with Gasteiger partial charge >= 0.3 is 0 Å².